The minimum atomic E-state index is -0.223. The Hall–Kier alpha value is -3.15. The van der Waals surface area contributed by atoms with Crippen LogP contribution in [0.3, 0.4) is 0 Å². The first-order chi connectivity index (χ1) is 11.7. The van der Waals surface area contributed by atoms with Crippen molar-refractivity contribution in [3.05, 3.63) is 59.9 Å². The molecule has 0 saturated carbocycles. The number of nitrogens with one attached hydrogen (secondary N) is 2. The number of benzene rings is 1. The summed E-state index contributed by atoms with van der Waals surface area (Å²) in [6.07, 6.45) is 5.20. The van der Waals surface area contributed by atoms with Gasteiger partial charge in [0.05, 0.1) is 17.5 Å². The quantitative estimate of drug-likeness (QED) is 0.882. The van der Waals surface area contributed by atoms with Crippen LogP contribution >= 0.6 is 0 Å². The molecule has 6 heteroatoms. The summed E-state index contributed by atoms with van der Waals surface area (Å²) in [7, 11) is 0. The zero-order valence-corrected chi connectivity index (χ0v) is 13.0. The zero-order valence-electron chi connectivity index (χ0n) is 13.0. The molecule has 0 bridgehead atoms. The Morgan fingerprint density at radius 3 is 2.88 bits per heavy atom. The molecular formula is C18H17N3O3. The van der Waals surface area contributed by atoms with Crippen LogP contribution in [0.2, 0.25) is 0 Å². The van der Waals surface area contributed by atoms with Gasteiger partial charge in [-0.2, -0.15) is 0 Å². The molecule has 2 amide bonds. The van der Waals surface area contributed by atoms with E-state index in [0.717, 1.165) is 11.3 Å². The Morgan fingerprint density at radius 1 is 1.17 bits per heavy atom. The Bertz CT molecular complexity index is 772. The van der Waals surface area contributed by atoms with Gasteiger partial charge in [0, 0.05) is 24.7 Å². The molecule has 2 aromatic rings. The summed E-state index contributed by atoms with van der Waals surface area (Å²) in [5, 5.41) is 5.45. The van der Waals surface area contributed by atoms with Crippen molar-refractivity contribution >= 4 is 23.6 Å². The third kappa shape index (κ3) is 3.98. The van der Waals surface area contributed by atoms with E-state index < -0.39 is 0 Å². The molecule has 0 fully saturated rings. The highest BCUT2D eigenvalue weighted by Crippen LogP contribution is 2.25. The van der Waals surface area contributed by atoms with Gasteiger partial charge in [-0.25, -0.2) is 0 Å². The van der Waals surface area contributed by atoms with E-state index in [9.17, 15) is 9.59 Å². The molecular weight excluding hydrogens is 306 g/mol. The molecule has 2 N–H and O–H groups in total. The highest BCUT2D eigenvalue weighted by Gasteiger charge is 2.16. The van der Waals surface area contributed by atoms with Gasteiger partial charge in [0.25, 0.3) is 5.91 Å². The minimum Gasteiger partial charge on any atom is -0.488 e. The van der Waals surface area contributed by atoms with Crippen LogP contribution in [0.15, 0.2) is 54.4 Å². The van der Waals surface area contributed by atoms with Gasteiger partial charge in [0.1, 0.15) is 12.4 Å². The van der Waals surface area contributed by atoms with Gasteiger partial charge in [0.15, 0.2) is 0 Å². The second-order valence-corrected chi connectivity index (χ2v) is 5.29. The SMILES string of the molecule is O=C(CCNC(=O)C1=Cc2ccccc2OC1)Nc1cccnc1. The number of ether oxygens (including phenoxy) is 1. The number of pyridine rings is 1. The molecule has 6 nitrogen and oxygen atoms in total. The fourth-order valence-corrected chi connectivity index (χ4v) is 2.31. The summed E-state index contributed by atoms with van der Waals surface area (Å²) in [5.41, 5.74) is 2.05. The van der Waals surface area contributed by atoms with Gasteiger partial charge >= 0.3 is 0 Å². The Balaban J connectivity index is 1.48. The molecule has 24 heavy (non-hydrogen) atoms. The molecule has 0 radical (unpaired) electrons. The molecule has 1 aromatic carbocycles. The van der Waals surface area contributed by atoms with Crippen LogP contribution in [-0.2, 0) is 9.59 Å². The van der Waals surface area contributed by atoms with E-state index in [4.69, 9.17) is 4.74 Å². The molecule has 0 unspecified atom stereocenters. The number of para-hydroxylation sites is 1. The number of fused-ring (bicyclic) bond motifs is 1. The van der Waals surface area contributed by atoms with Crippen molar-refractivity contribution in [2.75, 3.05) is 18.5 Å². The summed E-state index contributed by atoms with van der Waals surface area (Å²) < 4.78 is 5.55. The Kier molecular flexibility index (Phi) is 4.86. The maximum absolute atomic E-state index is 12.1. The molecule has 0 spiro atoms. The molecule has 0 aliphatic carbocycles. The lowest BCUT2D eigenvalue weighted by Gasteiger charge is -2.17. The summed E-state index contributed by atoms with van der Waals surface area (Å²) in [4.78, 5) is 27.9. The van der Waals surface area contributed by atoms with Crippen LogP contribution in [0.1, 0.15) is 12.0 Å². The number of anilines is 1. The van der Waals surface area contributed by atoms with Crippen LogP contribution in [0.4, 0.5) is 5.69 Å². The molecule has 122 valence electrons. The Labute approximate surface area is 139 Å². The van der Waals surface area contributed by atoms with Gasteiger partial charge in [-0.05, 0) is 24.3 Å². The van der Waals surface area contributed by atoms with E-state index in [-0.39, 0.29) is 31.4 Å². The number of nitrogens with zero attached hydrogens (tertiary/aromatic N) is 1. The van der Waals surface area contributed by atoms with Crippen molar-refractivity contribution in [2.24, 2.45) is 0 Å². The number of rotatable bonds is 5. The standard InChI is InChI=1S/C18H17N3O3/c22-17(21-15-5-3-8-19-11-15)7-9-20-18(23)14-10-13-4-1-2-6-16(13)24-12-14/h1-6,8,10-11H,7,9,12H2,(H,20,23)(H,21,22). The second kappa shape index (κ2) is 7.41. The van der Waals surface area contributed by atoms with Crippen molar-refractivity contribution in [1.82, 2.24) is 10.3 Å². The third-order valence-electron chi connectivity index (χ3n) is 3.51. The fraction of sp³-hybridized carbons (Fsp3) is 0.167. The number of hydrogen-bond donors (Lipinski definition) is 2. The van der Waals surface area contributed by atoms with E-state index in [0.29, 0.717) is 11.3 Å². The van der Waals surface area contributed by atoms with E-state index in [1.165, 1.54) is 0 Å². The number of carbonyl (C=O) groups is 2. The van der Waals surface area contributed by atoms with E-state index in [1.807, 2.05) is 30.3 Å². The predicted octanol–water partition coefficient (Wildman–Crippen LogP) is 2.00. The van der Waals surface area contributed by atoms with Crippen LogP contribution in [-0.4, -0.2) is 29.9 Å². The molecule has 1 aliphatic rings. The lowest BCUT2D eigenvalue weighted by Crippen LogP contribution is -2.31. The summed E-state index contributed by atoms with van der Waals surface area (Å²) >= 11 is 0. The molecule has 0 atom stereocenters. The first kappa shape index (κ1) is 15.7. The summed E-state index contributed by atoms with van der Waals surface area (Å²) in [5.74, 6) is 0.367. The monoisotopic (exact) mass is 323 g/mol. The smallest absolute Gasteiger partial charge is 0.250 e. The lowest BCUT2D eigenvalue weighted by atomic mass is 10.1. The summed E-state index contributed by atoms with van der Waals surface area (Å²) in [6.45, 7) is 0.481. The van der Waals surface area contributed by atoms with Crippen molar-refractivity contribution < 1.29 is 14.3 Å². The number of aromatic nitrogens is 1. The van der Waals surface area contributed by atoms with Crippen molar-refractivity contribution in [3.63, 3.8) is 0 Å². The molecule has 0 saturated heterocycles. The van der Waals surface area contributed by atoms with E-state index in [2.05, 4.69) is 15.6 Å². The first-order valence-electron chi connectivity index (χ1n) is 7.63. The van der Waals surface area contributed by atoms with Crippen molar-refractivity contribution in [3.8, 4) is 5.75 Å². The van der Waals surface area contributed by atoms with E-state index in [1.54, 1.807) is 24.5 Å². The third-order valence-corrected chi connectivity index (χ3v) is 3.51. The van der Waals surface area contributed by atoms with Gasteiger partial charge in [-0.3, -0.25) is 14.6 Å². The topological polar surface area (TPSA) is 80.3 Å². The summed E-state index contributed by atoms with van der Waals surface area (Å²) in [6, 6.07) is 11.0. The van der Waals surface area contributed by atoms with Gasteiger partial charge in [-0.15, -0.1) is 0 Å². The van der Waals surface area contributed by atoms with Crippen LogP contribution in [0.5, 0.6) is 5.75 Å². The average Bonchev–Trinajstić information content (AvgIpc) is 2.62. The van der Waals surface area contributed by atoms with Crippen LogP contribution < -0.4 is 15.4 Å². The minimum absolute atomic E-state index is 0.178. The highest BCUT2D eigenvalue weighted by molar-refractivity contribution is 5.99. The zero-order chi connectivity index (χ0) is 16.8. The number of amides is 2. The lowest BCUT2D eigenvalue weighted by molar-refractivity contribution is -0.118. The maximum Gasteiger partial charge on any atom is 0.250 e. The van der Waals surface area contributed by atoms with Crippen LogP contribution in [0.25, 0.3) is 6.08 Å². The average molecular weight is 323 g/mol. The fourth-order valence-electron chi connectivity index (χ4n) is 2.31. The van der Waals surface area contributed by atoms with Crippen molar-refractivity contribution in [2.45, 2.75) is 6.42 Å². The number of carbonyl (C=O) groups excluding carboxylic acids is 2. The molecule has 1 aliphatic heterocycles. The van der Waals surface area contributed by atoms with Crippen molar-refractivity contribution in [1.29, 1.82) is 0 Å². The van der Waals surface area contributed by atoms with Gasteiger partial charge in [0.2, 0.25) is 5.91 Å². The highest BCUT2D eigenvalue weighted by atomic mass is 16.5. The first-order valence-corrected chi connectivity index (χ1v) is 7.63. The van der Waals surface area contributed by atoms with E-state index >= 15 is 0 Å². The normalized spacial score (nSPS) is 12.4. The maximum atomic E-state index is 12.1. The Morgan fingerprint density at radius 2 is 2.04 bits per heavy atom. The van der Waals surface area contributed by atoms with Crippen LogP contribution in [0, 0.1) is 0 Å². The molecule has 2 heterocycles. The largest absolute Gasteiger partial charge is 0.488 e. The molecule has 3 rings (SSSR count). The van der Waals surface area contributed by atoms with Gasteiger partial charge < -0.3 is 15.4 Å². The second-order valence-electron chi connectivity index (χ2n) is 5.29. The number of hydrogen-bond acceptors (Lipinski definition) is 4. The molecule has 1 aromatic heterocycles. The van der Waals surface area contributed by atoms with Gasteiger partial charge in [-0.1, -0.05) is 18.2 Å². The predicted molar refractivity (Wildman–Crippen MR) is 90.4 cm³/mol.